The Bertz CT molecular complexity index is 238. The van der Waals surface area contributed by atoms with Gasteiger partial charge in [-0.15, -0.1) is 0 Å². The van der Waals surface area contributed by atoms with E-state index in [-0.39, 0.29) is 11.3 Å². The topological polar surface area (TPSA) is 59.7 Å². The zero-order valence-electron chi connectivity index (χ0n) is 5.33. The average Bonchev–Trinajstić information content (AvgIpc) is 2.33. The fourth-order valence-corrected chi connectivity index (χ4v) is 0.599. The van der Waals surface area contributed by atoms with Crippen molar-refractivity contribution in [3.63, 3.8) is 0 Å². The van der Waals surface area contributed by atoms with Gasteiger partial charge in [0.25, 0.3) is 0 Å². The third kappa shape index (κ3) is 0.953. The molecule has 0 aromatic carbocycles. The van der Waals surface area contributed by atoms with E-state index in [2.05, 4.69) is 9.15 Å². The lowest BCUT2D eigenvalue weighted by atomic mass is 10.3. The molecule has 0 unspecified atom stereocenters. The predicted molar refractivity (Wildman–Crippen MR) is 32.2 cm³/mol. The van der Waals surface area contributed by atoms with Gasteiger partial charge in [0.05, 0.1) is 7.11 Å². The monoisotopic (exact) mass is 142 g/mol. The van der Waals surface area contributed by atoms with Crippen LogP contribution in [0.2, 0.25) is 0 Å². The normalized spacial score (nSPS) is 9.30. The highest BCUT2D eigenvalue weighted by molar-refractivity contribution is 5.90. The van der Waals surface area contributed by atoms with Gasteiger partial charge in [-0.2, -0.15) is 0 Å². The van der Waals surface area contributed by atoms with Crippen molar-refractivity contribution in [3.8, 4) is 5.75 Å². The van der Waals surface area contributed by atoms with Crippen molar-refractivity contribution < 1.29 is 19.1 Å². The van der Waals surface area contributed by atoms with Gasteiger partial charge in [-0.3, -0.25) is 0 Å². The van der Waals surface area contributed by atoms with Crippen LogP contribution < -0.4 is 4.74 Å². The van der Waals surface area contributed by atoms with E-state index in [4.69, 9.17) is 5.11 Å². The Labute approximate surface area is 57.0 Å². The van der Waals surface area contributed by atoms with Gasteiger partial charge in [0.1, 0.15) is 18.1 Å². The fourth-order valence-electron chi connectivity index (χ4n) is 0.599. The lowest BCUT2D eigenvalue weighted by Crippen LogP contribution is -1.96. The summed E-state index contributed by atoms with van der Waals surface area (Å²) in [7, 11) is 1.39. The largest absolute Gasteiger partial charge is 0.492 e. The summed E-state index contributed by atoms with van der Waals surface area (Å²) >= 11 is 0. The highest BCUT2D eigenvalue weighted by Crippen LogP contribution is 2.18. The van der Waals surface area contributed by atoms with E-state index in [0.717, 1.165) is 6.26 Å². The Morgan fingerprint density at radius 3 is 2.80 bits per heavy atom. The van der Waals surface area contributed by atoms with Gasteiger partial charge < -0.3 is 14.3 Å². The molecule has 10 heavy (non-hydrogen) atoms. The van der Waals surface area contributed by atoms with E-state index in [9.17, 15) is 4.79 Å². The maximum Gasteiger partial charge on any atom is 0.342 e. The van der Waals surface area contributed by atoms with E-state index in [1.54, 1.807) is 0 Å². The van der Waals surface area contributed by atoms with Crippen molar-refractivity contribution in [2.45, 2.75) is 0 Å². The van der Waals surface area contributed by atoms with Crippen molar-refractivity contribution in [1.29, 1.82) is 0 Å². The summed E-state index contributed by atoms with van der Waals surface area (Å²) in [5, 5.41) is 8.45. The minimum absolute atomic E-state index is 0.0440. The second kappa shape index (κ2) is 2.43. The molecule has 4 nitrogen and oxygen atoms in total. The van der Waals surface area contributed by atoms with Crippen LogP contribution >= 0.6 is 0 Å². The first-order valence-electron chi connectivity index (χ1n) is 2.59. The zero-order valence-corrected chi connectivity index (χ0v) is 5.33. The van der Waals surface area contributed by atoms with Crippen molar-refractivity contribution in [2.75, 3.05) is 7.11 Å². The Balaban J connectivity index is 3.01. The van der Waals surface area contributed by atoms with Crippen LogP contribution in [0.15, 0.2) is 16.9 Å². The first kappa shape index (κ1) is 6.67. The van der Waals surface area contributed by atoms with E-state index < -0.39 is 5.97 Å². The Morgan fingerprint density at radius 1 is 1.70 bits per heavy atom. The van der Waals surface area contributed by atoms with Crippen LogP contribution in [0.25, 0.3) is 0 Å². The first-order valence-corrected chi connectivity index (χ1v) is 2.59. The molecule has 0 aliphatic heterocycles. The molecule has 0 amide bonds. The Morgan fingerprint density at radius 2 is 2.40 bits per heavy atom. The minimum Gasteiger partial charge on any atom is -0.492 e. The van der Waals surface area contributed by atoms with Crippen molar-refractivity contribution >= 4 is 5.97 Å². The van der Waals surface area contributed by atoms with Crippen LogP contribution in [-0.4, -0.2) is 18.2 Å². The summed E-state index contributed by atoms with van der Waals surface area (Å²) in [5.74, 6) is -0.807. The van der Waals surface area contributed by atoms with Crippen LogP contribution in [-0.2, 0) is 0 Å². The second-order valence-corrected chi connectivity index (χ2v) is 1.66. The third-order valence-electron chi connectivity index (χ3n) is 1.08. The number of furan rings is 1. The van der Waals surface area contributed by atoms with Gasteiger partial charge in [-0.1, -0.05) is 0 Å². The smallest absolute Gasteiger partial charge is 0.342 e. The summed E-state index contributed by atoms with van der Waals surface area (Å²) in [5.41, 5.74) is 0.0440. The molecule has 1 N–H and O–H groups in total. The molecule has 4 heteroatoms. The molecule has 0 radical (unpaired) electrons. The molecule has 0 spiro atoms. The molecule has 0 bridgehead atoms. The van der Waals surface area contributed by atoms with Crippen LogP contribution in [0.5, 0.6) is 5.75 Å². The van der Waals surface area contributed by atoms with Gasteiger partial charge in [0.15, 0.2) is 5.75 Å². The van der Waals surface area contributed by atoms with Gasteiger partial charge >= 0.3 is 5.97 Å². The standard InChI is InChI=1S/C6H6O4/c1-9-5-3-10-2-4(5)6(7)8/h2-3H,1H3,(H,7,8). The Kier molecular flexibility index (Phi) is 1.62. The summed E-state index contributed by atoms with van der Waals surface area (Å²) in [6, 6.07) is 0. The van der Waals surface area contributed by atoms with E-state index in [1.165, 1.54) is 13.4 Å². The number of carboxylic acid groups (broad SMARTS) is 1. The number of carboxylic acids is 1. The third-order valence-corrected chi connectivity index (χ3v) is 1.08. The molecule has 0 fully saturated rings. The summed E-state index contributed by atoms with van der Waals surface area (Å²) in [4.78, 5) is 10.3. The summed E-state index contributed by atoms with van der Waals surface area (Å²) in [6.45, 7) is 0. The van der Waals surface area contributed by atoms with Crippen LogP contribution in [0.4, 0.5) is 0 Å². The maximum absolute atomic E-state index is 10.3. The van der Waals surface area contributed by atoms with Crippen molar-refractivity contribution in [2.24, 2.45) is 0 Å². The molecule has 1 heterocycles. The zero-order chi connectivity index (χ0) is 7.56. The molecule has 1 aromatic rings. The molecule has 0 saturated heterocycles. The molecule has 0 saturated carbocycles. The van der Waals surface area contributed by atoms with Crippen LogP contribution in [0, 0.1) is 0 Å². The lowest BCUT2D eigenvalue weighted by Gasteiger charge is -1.92. The summed E-state index contributed by atoms with van der Waals surface area (Å²) in [6.07, 6.45) is 2.37. The minimum atomic E-state index is -1.05. The van der Waals surface area contributed by atoms with Gasteiger partial charge in [-0.25, -0.2) is 4.79 Å². The number of carbonyl (C=O) groups is 1. The maximum atomic E-state index is 10.3. The van der Waals surface area contributed by atoms with Crippen molar-refractivity contribution in [3.05, 3.63) is 18.1 Å². The highest BCUT2D eigenvalue weighted by Gasteiger charge is 2.11. The average molecular weight is 142 g/mol. The molecular formula is C6H6O4. The molecule has 1 rings (SSSR count). The van der Waals surface area contributed by atoms with Gasteiger partial charge in [-0.05, 0) is 0 Å². The number of hydrogen-bond acceptors (Lipinski definition) is 3. The molecule has 0 aliphatic rings. The lowest BCUT2D eigenvalue weighted by molar-refractivity contribution is 0.0693. The SMILES string of the molecule is COc1cocc1C(=O)O. The summed E-state index contributed by atoms with van der Waals surface area (Å²) < 4.78 is 9.26. The number of methoxy groups -OCH3 is 1. The van der Waals surface area contributed by atoms with Crippen LogP contribution in [0.3, 0.4) is 0 Å². The Hall–Kier alpha value is -1.45. The van der Waals surface area contributed by atoms with Gasteiger partial charge in [0, 0.05) is 0 Å². The molecular weight excluding hydrogens is 136 g/mol. The first-order chi connectivity index (χ1) is 4.75. The molecule has 1 aromatic heterocycles. The van der Waals surface area contributed by atoms with Gasteiger partial charge in [0.2, 0.25) is 0 Å². The fraction of sp³-hybridized carbons (Fsp3) is 0.167. The molecule has 0 aliphatic carbocycles. The van der Waals surface area contributed by atoms with Crippen LogP contribution in [0.1, 0.15) is 10.4 Å². The van der Waals surface area contributed by atoms with Crippen molar-refractivity contribution in [1.82, 2.24) is 0 Å². The molecule has 54 valence electrons. The number of rotatable bonds is 2. The van der Waals surface area contributed by atoms with E-state index in [1.807, 2.05) is 0 Å². The highest BCUT2D eigenvalue weighted by atomic mass is 16.5. The predicted octanol–water partition coefficient (Wildman–Crippen LogP) is 0.986. The quantitative estimate of drug-likeness (QED) is 0.668. The second-order valence-electron chi connectivity index (χ2n) is 1.66. The van der Waals surface area contributed by atoms with E-state index >= 15 is 0 Å². The van der Waals surface area contributed by atoms with E-state index in [0.29, 0.717) is 0 Å². The number of ether oxygens (including phenoxy) is 1. The number of hydrogen-bond donors (Lipinski definition) is 1. The number of aromatic carboxylic acids is 1. The molecule has 0 atom stereocenters.